The SMILES string of the molecule is Brc1ccc(CNc2cccnc2-n2cccn2)cc1Br. The maximum Gasteiger partial charge on any atom is 0.176 e. The minimum atomic E-state index is 0.714. The number of anilines is 1. The Labute approximate surface area is 139 Å². The van der Waals surface area contributed by atoms with Gasteiger partial charge in [-0.2, -0.15) is 5.10 Å². The molecule has 0 saturated heterocycles. The van der Waals surface area contributed by atoms with E-state index in [1.807, 2.05) is 30.5 Å². The van der Waals surface area contributed by atoms with Crippen LogP contribution in [0, 0.1) is 0 Å². The molecule has 1 N–H and O–H groups in total. The highest BCUT2D eigenvalue weighted by molar-refractivity contribution is 9.13. The summed E-state index contributed by atoms with van der Waals surface area (Å²) in [6.07, 6.45) is 5.38. The monoisotopic (exact) mass is 406 g/mol. The molecular formula is C15H12Br2N4. The van der Waals surface area contributed by atoms with Crippen molar-refractivity contribution in [2.24, 2.45) is 0 Å². The molecule has 0 bridgehead atoms. The Kier molecular flexibility index (Phi) is 4.36. The van der Waals surface area contributed by atoms with Crippen LogP contribution in [-0.4, -0.2) is 14.8 Å². The van der Waals surface area contributed by atoms with Crippen LogP contribution in [0.25, 0.3) is 5.82 Å². The van der Waals surface area contributed by atoms with E-state index >= 15 is 0 Å². The molecule has 0 spiro atoms. The molecule has 0 aliphatic heterocycles. The van der Waals surface area contributed by atoms with E-state index < -0.39 is 0 Å². The zero-order valence-corrected chi connectivity index (χ0v) is 14.2. The summed E-state index contributed by atoms with van der Waals surface area (Å²) >= 11 is 6.99. The first kappa shape index (κ1) is 14.3. The van der Waals surface area contributed by atoms with Crippen LogP contribution < -0.4 is 5.32 Å². The van der Waals surface area contributed by atoms with Crippen molar-refractivity contribution < 1.29 is 0 Å². The van der Waals surface area contributed by atoms with Crippen molar-refractivity contribution in [1.29, 1.82) is 0 Å². The Balaban J connectivity index is 1.81. The maximum absolute atomic E-state index is 4.39. The second-order valence-corrected chi connectivity index (χ2v) is 6.14. The number of aromatic nitrogens is 3. The molecule has 0 aliphatic rings. The molecule has 0 atom stereocenters. The Bertz CT molecular complexity index is 741. The second-order valence-electron chi connectivity index (χ2n) is 4.43. The first-order chi connectivity index (χ1) is 10.2. The predicted octanol–water partition coefficient (Wildman–Crippen LogP) is 4.40. The summed E-state index contributed by atoms with van der Waals surface area (Å²) in [5.74, 6) is 0.790. The molecular weight excluding hydrogens is 396 g/mol. The number of nitrogens with one attached hydrogen (secondary N) is 1. The number of nitrogens with zero attached hydrogens (tertiary/aromatic N) is 3. The molecule has 0 saturated carbocycles. The van der Waals surface area contributed by atoms with Crippen molar-refractivity contribution in [2.45, 2.75) is 6.54 Å². The van der Waals surface area contributed by atoms with Gasteiger partial charge in [-0.15, -0.1) is 0 Å². The molecule has 3 aromatic rings. The zero-order valence-electron chi connectivity index (χ0n) is 11.0. The van der Waals surface area contributed by atoms with Crippen molar-refractivity contribution in [3.05, 3.63) is 69.5 Å². The normalized spacial score (nSPS) is 10.6. The van der Waals surface area contributed by atoms with E-state index in [4.69, 9.17) is 0 Å². The summed E-state index contributed by atoms with van der Waals surface area (Å²) in [7, 11) is 0. The van der Waals surface area contributed by atoms with Crippen LogP contribution in [0.5, 0.6) is 0 Å². The zero-order chi connectivity index (χ0) is 14.7. The Hall–Kier alpha value is -1.66. The van der Waals surface area contributed by atoms with E-state index in [1.165, 1.54) is 5.56 Å². The fourth-order valence-electron chi connectivity index (χ4n) is 1.96. The highest BCUT2D eigenvalue weighted by Gasteiger charge is 2.06. The summed E-state index contributed by atoms with van der Waals surface area (Å²) in [6.45, 7) is 0.714. The average molecular weight is 408 g/mol. The van der Waals surface area contributed by atoms with Crippen molar-refractivity contribution in [3.63, 3.8) is 0 Å². The summed E-state index contributed by atoms with van der Waals surface area (Å²) in [5.41, 5.74) is 2.13. The third-order valence-corrected chi connectivity index (χ3v) is 4.85. The topological polar surface area (TPSA) is 42.7 Å². The van der Waals surface area contributed by atoms with E-state index in [0.717, 1.165) is 20.5 Å². The lowest BCUT2D eigenvalue weighted by Gasteiger charge is -2.11. The van der Waals surface area contributed by atoms with Crippen molar-refractivity contribution in [3.8, 4) is 5.82 Å². The third kappa shape index (κ3) is 3.33. The number of rotatable bonds is 4. The van der Waals surface area contributed by atoms with E-state index in [2.05, 4.69) is 59.4 Å². The van der Waals surface area contributed by atoms with Crippen molar-refractivity contribution in [1.82, 2.24) is 14.8 Å². The van der Waals surface area contributed by atoms with Crippen LogP contribution in [0.4, 0.5) is 5.69 Å². The average Bonchev–Trinajstić information content (AvgIpc) is 3.03. The number of benzene rings is 1. The van der Waals surface area contributed by atoms with Crippen LogP contribution in [0.2, 0.25) is 0 Å². The van der Waals surface area contributed by atoms with Crippen LogP contribution in [0.15, 0.2) is 63.9 Å². The molecule has 0 fully saturated rings. The molecule has 1 aromatic carbocycles. The number of hydrogen-bond acceptors (Lipinski definition) is 3. The highest BCUT2D eigenvalue weighted by atomic mass is 79.9. The van der Waals surface area contributed by atoms with Crippen LogP contribution in [0.1, 0.15) is 5.56 Å². The highest BCUT2D eigenvalue weighted by Crippen LogP contribution is 2.24. The molecule has 0 radical (unpaired) electrons. The van der Waals surface area contributed by atoms with Crippen LogP contribution >= 0.6 is 31.9 Å². The summed E-state index contributed by atoms with van der Waals surface area (Å²) in [4.78, 5) is 4.39. The summed E-state index contributed by atoms with van der Waals surface area (Å²) in [6, 6.07) is 12.0. The number of halogens is 2. The molecule has 106 valence electrons. The second kappa shape index (κ2) is 6.41. The third-order valence-electron chi connectivity index (χ3n) is 2.98. The Morgan fingerprint density at radius 1 is 1.05 bits per heavy atom. The molecule has 4 nitrogen and oxygen atoms in total. The van der Waals surface area contributed by atoms with E-state index in [0.29, 0.717) is 6.54 Å². The van der Waals surface area contributed by atoms with Gasteiger partial charge in [-0.3, -0.25) is 0 Å². The molecule has 3 rings (SSSR count). The molecule has 0 unspecified atom stereocenters. The molecule has 2 aromatic heterocycles. The predicted molar refractivity (Wildman–Crippen MR) is 90.5 cm³/mol. The fraction of sp³-hybridized carbons (Fsp3) is 0.0667. The first-order valence-electron chi connectivity index (χ1n) is 6.37. The molecule has 0 aliphatic carbocycles. The van der Waals surface area contributed by atoms with E-state index in [9.17, 15) is 0 Å². The van der Waals surface area contributed by atoms with Crippen LogP contribution in [0.3, 0.4) is 0 Å². The maximum atomic E-state index is 4.39. The summed E-state index contributed by atoms with van der Waals surface area (Å²) in [5, 5.41) is 7.63. The Morgan fingerprint density at radius 3 is 2.71 bits per heavy atom. The van der Waals surface area contributed by atoms with Gasteiger partial charge in [0.25, 0.3) is 0 Å². The molecule has 6 heteroatoms. The van der Waals surface area contributed by atoms with Gasteiger partial charge in [0.1, 0.15) is 0 Å². The van der Waals surface area contributed by atoms with E-state index in [-0.39, 0.29) is 0 Å². The van der Waals surface area contributed by atoms with Gasteiger partial charge in [-0.25, -0.2) is 9.67 Å². The van der Waals surface area contributed by atoms with Gasteiger partial charge >= 0.3 is 0 Å². The molecule has 21 heavy (non-hydrogen) atoms. The minimum Gasteiger partial charge on any atom is -0.378 e. The standard InChI is InChI=1S/C15H12Br2N4/c16-12-5-4-11(9-13(12)17)10-19-14-3-1-6-18-15(14)21-8-2-7-20-21/h1-9,19H,10H2. The smallest absolute Gasteiger partial charge is 0.176 e. The quantitative estimate of drug-likeness (QED) is 0.696. The van der Waals surface area contributed by atoms with Gasteiger partial charge in [0.15, 0.2) is 5.82 Å². The van der Waals surface area contributed by atoms with Gasteiger partial charge in [-0.1, -0.05) is 6.07 Å². The van der Waals surface area contributed by atoms with Gasteiger partial charge in [0.05, 0.1) is 5.69 Å². The van der Waals surface area contributed by atoms with Gasteiger partial charge in [0.2, 0.25) is 0 Å². The first-order valence-corrected chi connectivity index (χ1v) is 7.95. The van der Waals surface area contributed by atoms with Crippen LogP contribution in [-0.2, 0) is 6.54 Å². The molecule has 2 heterocycles. The van der Waals surface area contributed by atoms with E-state index in [1.54, 1.807) is 17.1 Å². The molecule has 0 amide bonds. The van der Waals surface area contributed by atoms with Crippen molar-refractivity contribution >= 4 is 37.5 Å². The van der Waals surface area contributed by atoms with Gasteiger partial charge in [0, 0.05) is 34.1 Å². The lowest BCUT2D eigenvalue weighted by molar-refractivity contribution is 0.846. The van der Waals surface area contributed by atoms with Gasteiger partial charge in [-0.05, 0) is 67.8 Å². The lowest BCUT2D eigenvalue weighted by Crippen LogP contribution is -2.06. The fourth-order valence-corrected chi connectivity index (χ4v) is 2.63. The Morgan fingerprint density at radius 2 is 1.95 bits per heavy atom. The summed E-state index contributed by atoms with van der Waals surface area (Å²) < 4.78 is 3.84. The largest absolute Gasteiger partial charge is 0.378 e. The van der Waals surface area contributed by atoms with Gasteiger partial charge < -0.3 is 5.32 Å². The number of pyridine rings is 1. The lowest BCUT2D eigenvalue weighted by atomic mass is 10.2. The number of hydrogen-bond donors (Lipinski definition) is 1. The van der Waals surface area contributed by atoms with Crippen molar-refractivity contribution in [2.75, 3.05) is 5.32 Å². The minimum absolute atomic E-state index is 0.714.